The predicted molar refractivity (Wildman–Crippen MR) is 60.9 cm³/mol. The van der Waals surface area contributed by atoms with Crippen LogP contribution in [0.15, 0.2) is 35.4 Å². The van der Waals surface area contributed by atoms with Gasteiger partial charge in [-0.1, -0.05) is 35.4 Å². The van der Waals surface area contributed by atoms with Gasteiger partial charge in [-0.05, 0) is 18.0 Å². The molecule has 0 unspecified atom stereocenters. The van der Waals surface area contributed by atoms with Crippen molar-refractivity contribution < 1.29 is 14.6 Å². The Balaban J connectivity index is 2.56. The summed E-state index contributed by atoms with van der Waals surface area (Å²) in [4.78, 5) is 14.0. The molecule has 0 aliphatic heterocycles. The van der Waals surface area contributed by atoms with Crippen LogP contribution in [-0.4, -0.2) is 23.2 Å². The summed E-state index contributed by atoms with van der Waals surface area (Å²) in [5.41, 5.74) is 9.08. The highest BCUT2D eigenvalue weighted by atomic mass is 16.5. The van der Waals surface area contributed by atoms with E-state index in [1.165, 1.54) is 6.92 Å². The number of aliphatic hydroxyl groups is 1. The average Bonchev–Trinajstić information content (AvgIpc) is 2.34. The molecule has 0 spiro atoms. The number of azide groups is 1. The van der Waals surface area contributed by atoms with Crippen LogP contribution in [0.25, 0.3) is 10.4 Å². The van der Waals surface area contributed by atoms with Crippen molar-refractivity contribution >= 4 is 5.97 Å². The van der Waals surface area contributed by atoms with Gasteiger partial charge in [-0.2, -0.15) is 0 Å². The van der Waals surface area contributed by atoms with Gasteiger partial charge in [0.25, 0.3) is 0 Å². The second kappa shape index (κ2) is 6.52. The van der Waals surface area contributed by atoms with Gasteiger partial charge in [0.2, 0.25) is 0 Å². The fraction of sp³-hybridized carbons (Fsp3) is 0.364. The molecule has 1 N–H and O–H groups in total. The van der Waals surface area contributed by atoms with Gasteiger partial charge in [-0.15, -0.1) is 0 Å². The number of esters is 1. The van der Waals surface area contributed by atoms with Crippen LogP contribution in [0.4, 0.5) is 0 Å². The number of carbonyl (C=O) groups excluding carboxylic acids is 1. The molecule has 90 valence electrons. The maximum atomic E-state index is 11.5. The molecule has 17 heavy (non-hydrogen) atoms. The first-order valence-corrected chi connectivity index (χ1v) is 5.08. The van der Waals surface area contributed by atoms with Crippen molar-refractivity contribution in [1.82, 2.24) is 0 Å². The predicted octanol–water partition coefficient (Wildman–Crippen LogP) is 1.79. The molecule has 0 amide bonds. The minimum atomic E-state index is -1.20. The van der Waals surface area contributed by atoms with E-state index in [0.29, 0.717) is 0 Å². The molecule has 0 saturated carbocycles. The molecule has 0 aliphatic rings. The molecule has 1 aromatic carbocycles. The van der Waals surface area contributed by atoms with Crippen LogP contribution >= 0.6 is 0 Å². The Kier molecular flexibility index (Phi) is 5.00. The molecule has 0 heterocycles. The zero-order valence-corrected chi connectivity index (χ0v) is 9.35. The van der Waals surface area contributed by atoms with E-state index >= 15 is 0 Å². The fourth-order valence-corrected chi connectivity index (χ4v) is 1.21. The van der Waals surface area contributed by atoms with Crippen LogP contribution in [0, 0.1) is 0 Å². The standard InChI is InChI=1S/C11H13N3O3/c1-8(15)10(13-14-12)11(16)17-7-9-5-3-2-4-6-9/h2-6,8,10,15H,7H2,1H3/t8-,10-/m1/s1. The van der Waals surface area contributed by atoms with Crippen molar-refractivity contribution in [3.05, 3.63) is 46.3 Å². The highest BCUT2D eigenvalue weighted by Gasteiger charge is 2.23. The van der Waals surface area contributed by atoms with E-state index in [1.807, 2.05) is 18.2 Å². The van der Waals surface area contributed by atoms with Gasteiger partial charge in [0.1, 0.15) is 6.61 Å². The van der Waals surface area contributed by atoms with Crippen LogP contribution in [0.1, 0.15) is 12.5 Å². The zero-order valence-electron chi connectivity index (χ0n) is 9.35. The average molecular weight is 235 g/mol. The van der Waals surface area contributed by atoms with E-state index in [1.54, 1.807) is 12.1 Å². The SMILES string of the molecule is C[C@@H](O)[C@@H](N=[N+]=[N-])C(=O)OCc1ccccc1. The molecule has 6 nitrogen and oxygen atoms in total. The Bertz CT molecular complexity index is 413. The van der Waals surface area contributed by atoms with Gasteiger partial charge in [0, 0.05) is 4.91 Å². The quantitative estimate of drug-likeness (QED) is 0.364. The highest BCUT2D eigenvalue weighted by molar-refractivity contribution is 5.76. The first-order chi connectivity index (χ1) is 8.15. The van der Waals surface area contributed by atoms with Crippen molar-refractivity contribution in [3.63, 3.8) is 0 Å². The summed E-state index contributed by atoms with van der Waals surface area (Å²) >= 11 is 0. The number of hydrogen-bond acceptors (Lipinski definition) is 4. The van der Waals surface area contributed by atoms with E-state index in [4.69, 9.17) is 10.3 Å². The summed E-state index contributed by atoms with van der Waals surface area (Å²) in [6.07, 6.45) is -1.07. The molecule has 1 rings (SSSR count). The number of hydrogen-bond donors (Lipinski definition) is 1. The number of ether oxygens (including phenoxy) is 1. The minimum Gasteiger partial charge on any atom is -0.460 e. The van der Waals surface area contributed by atoms with Crippen molar-refractivity contribution in [2.75, 3.05) is 0 Å². The Morgan fingerprint density at radius 1 is 1.53 bits per heavy atom. The van der Waals surface area contributed by atoms with E-state index in [2.05, 4.69) is 10.0 Å². The highest BCUT2D eigenvalue weighted by Crippen LogP contribution is 2.06. The lowest BCUT2D eigenvalue weighted by Gasteiger charge is -2.13. The van der Waals surface area contributed by atoms with Crippen LogP contribution in [0.3, 0.4) is 0 Å². The van der Waals surface area contributed by atoms with E-state index in [-0.39, 0.29) is 6.61 Å². The van der Waals surface area contributed by atoms with Gasteiger partial charge in [-0.3, -0.25) is 4.79 Å². The maximum Gasteiger partial charge on any atom is 0.317 e. The lowest BCUT2D eigenvalue weighted by molar-refractivity contribution is -0.148. The lowest BCUT2D eigenvalue weighted by Crippen LogP contribution is -2.31. The van der Waals surface area contributed by atoms with Crippen LogP contribution < -0.4 is 0 Å². The van der Waals surface area contributed by atoms with E-state index < -0.39 is 18.1 Å². The van der Waals surface area contributed by atoms with Crippen LogP contribution in [0.2, 0.25) is 0 Å². The van der Waals surface area contributed by atoms with Gasteiger partial charge in [0.15, 0.2) is 6.04 Å². The van der Waals surface area contributed by atoms with Gasteiger partial charge < -0.3 is 9.84 Å². The Hall–Kier alpha value is -2.04. The maximum absolute atomic E-state index is 11.5. The molecule has 2 atom stereocenters. The van der Waals surface area contributed by atoms with Crippen molar-refractivity contribution in [2.45, 2.75) is 25.7 Å². The molecule has 1 aromatic rings. The van der Waals surface area contributed by atoms with E-state index in [0.717, 1.165) is 5.56 Å². The molecule has 0 radical (unpaired) electrons. The second-order valence-electron chi connectivity index (χ2n) is 3.48. The first kappa shape index (κ1) is 13.0. The number of aliphatic hydroxyl groups excluding tert-OH is 1. The third kappa shape index (κ3) is 4.14. The largest absolute Gasteiger partial charge is 0.460 e. The smallest absolute Gasteiger partial charge is 0.317 e. The number of benzene rings is 1. The van der Waals surface area contributed by atoms with Crippen molar-refractivity contribution in [3.8, 4) is 0 Å². The summed E-state index contributed by atoms with van der Waals surface area (Å²) in [7, 11) is 0. The minimum absolute atomic E-state index is 0.0871. The third-order valence-corrected chi connectivity index (χ3v) is 2.10. The van der Waals surface area contributed by atoms with Gasteiger partial charge in [0.05, 0.1) is 6.10 Å². The molecule has 6 heteroatoms. The first-order valence-electron chi connectivity index (χ1n) is 5.08. The van der Waals surface area contributed by atoms with Crippen LogP contribution in [0.5, 0.6) is 0 Å². The molecule has 0 aliphatic carbocycles. The van der Waals surface area contributed by atoms with Gasteiger partial charge in [-0.25, -0.2) is 0 Å². The van der Waals surface area contributed by atoms with Crippen molar-refractivity contribution in [2.24, 2.45) is 5.11 Å². The summed E-state index contributed by atoms with van der Waals surface area (Å²) in [6, 6.07) is 7.90. The number of nitrogens with zero attached hydrogens (tertiary/aromatic N) is 3. The molecular weight excluding hydrogens is 222 g/mol. The van der Waals surface area contributed by atoms with Crippen LogP contribution in [-0.2, 0) is 16.1 Å². The Morgan fingerprint density at radius 2 is 2.18 bits per heavy atom. The monoisotopic (exact) mass is 235 g/mol. The van der Waals surface area contributed by atoms with Gasteiger partial charge >= 0.3 is 5.97 Å². The third-order valence-electron chi connectivity index (χ3n) is 2.10. The topological polar surface area (TPSA) is 95.3 Å². The summed E-state index contributed by atoms with van der Waals surface area (Å²) in [6.45, 7) is 1.45. The lowest BCUT2D eigenvalue weighted by atomic mass is 10.2. The molecule has 0 fully saturated rings. The number of carbonyl (C=O) groups is 1. The Morgan fingerprint density at radius 3 is 2.71 bits per heavy atom. The Labute approximate surface area is 98.5 Å². The van der Waals surface area contributed by atoms with Crippen molar-refractivity contribution in [1.29, 1.82) is 0 Å². The van der Waals surface area contributed by atoms with E-state index in [9.17, 15) is 9.90 Å². The normalized spacial score (nSPS) is 13.3. The summed E-state index contributed by atoms with van der Waals surface area (Å²) in [5.74, 6) is -0.735. The second-order valence-corrected chi connectivity index (χ2v) is 3.48. The fourth-order valence-electron chi connectivity index (χ4n) is 1.21. The zero-order chi connectivity index (χ0) is 12.7. The summed E-state index contributed by atoms with van der Waals surface area (Å²) in [5, 5.41) is 12.4. The molecular formula is C11H13N3O3. The molecule has 0 aromatic heterocycles. The molecule has 0 bridgehead atoms. The molecule has 0 saturated heterocycles. The number of rotatable bonds is 5. The summed E-state index contributed by atoms with van der Waals surface area (Å²) < 4.78 is 4.94.